The van der Waals surface area contributed by atoms with E-state index < -0.39 is 45.5 Å². The van der Waals surface area contributed by atoms with Gasteiger partial charge >= 0.3 is 23.8 Å². The summed E-state index contributed by atoms with van der Waals surface area (Å²) in [5.41, 5.74) is -0.184. The van der Waals surface area contributed by atoms with Crippen molar-refractivity contribution in [3.8, 4) is 0 Å². The first-order valence-corrected chi connectivity index (χ1v) is 14.7. The molecule has 1 aromatic heterocycles. The lowest BCUT2D eigenvalue weighted by atomic mass is 9.99. The molecule has 0 fully saturated rings. The minimum Gasteiger partial charge on any atom is -0.387 e. The molecule has 0 aliphatic carbocycles. The number of alkyl halides is 3. The average Bonchev–Trinajstić information content (AvgIpc) is 3.28. The minimum atomic E-state index is -5.33. The Hall–Kier alpha value is -4.47. The van der Waals surface area contributed by atoms with Crippen LogP contribution in [0, 0.1) is 0 Å². The molecule has 1 heterocycles. The Morgan fingerprint density at radius 3 is 2.41 bits per heavy atom. The maximum Gasteiger partial charge on any atom is 0.491 e. The summed E-state index contributed by atoms with van der Waals surface area (Å²) >= 11 is 0. The van der Waals surface area contributed by atoms with Gasteiger partial charge < -0.3 is 20.1 Å². The second-order valence-corrected chi connectivity index (χ2v) is 12.2. The van der Waals surface area contributed by atoms with E-state index in [-0.39, 0.29) is 34.8 Å². The first-order valence-electron chi connectivity index (χ1n) is 13.2. The topological polar surface area (TPSA) is 160 Å². The van der Waals surface area contributed by atoms with Crippen molar-refractivity contribution in [2.45, 2.75) is 49.5 Å². The number of esters is 2. The molecular weight excluding hydrogens is 605 g/mol. The van der Waals surface area contributed by atoms with Gasteiger partial charge in [-0.3, -0.25) is 9.29 Å². The van der Waals surface area contributed by atoms with E-state index in [0.29, 0.717) is 17.5 Å². The summed E-state index contributed by atoms with van der Waals surface area (Å²) in [6, 6.07) is 17.9. The molecule has 0 aliphatic rings. The summed E-state index contributed by atoms with van der Waals surface area (Å²) in [6.45, 7) is 4.01. The van der Waals surface area contributed by atoms with Crippen LogP contribution >= 0.6 is 0 Å². The van der Waals surface area contributed by atoms with E-state index in [1.165, 1.54) is 28.8 Å². The SMILES string of the molecule is CC(C)(CCn1c(=O)[nH]c2cc(C(=O)OC(=O)C(F)(F)F)ccc21)NCC(O)c1cccc(NS(=O)(=O)c2ccccc2)c1. The number of aromatic amines is 1. The molecule has 4 N–H and O–H groups in total. The van der Waals surface area contributed by atoms with Gasteiger partial charge in [-0.15, -0.1) is 0 Å². The Kier molecular flexibility index (Phi) is 9.32. The molecule has 1 atom stereocenters. The zero-order chi connectivity index (χ0) is 32.3. The molecule has 11 nitrogen and oxygen atoms in total. The van der Waals surface area contributed by atoms with Crippen molar-refractivity contribution in [3.63, 3.8) is 0 Å². The molecule has 0 radical (unpaired) electrons. The molecule has 1 unspecified atom stereocenters. The summed E-state index contributed by atoms with van der Waals surface area (Å²) in [4.78, 5) is 38.2. The Labute approximate surface area is 249 Å². The maximum atomic E-state index is 12.7. The highest BCUT2D eigenvalue weighted by Gasteiger charge is 2.42. The van der Waals surface area contributed by atoms with E-state index in [1.807, 2.05) is 13.8 Å². The molecule has 44 heavy (non-hydrogen) atoms. The number of H-pyrrole nitrogens is 1. The number of fused-ring (bicyclic) bond motifs is 1. The van der Waals surface area contributed by atoms with Crippen LogP contribution in [0.5, 0.6) is 0 Å². The zero-order valence-corrected chi connectivity index (χ0v) is 24.3. The second kappa shape index (κ2) is 12.6. The van der Waals surface area contributed by atoms with Crippen molar-refractivity contribution in [3.05, 3.63) is 94.4 Å². The lowest BCUT2D eigenvalue weighted by molar-refractivity contribution is -0.193. The Morgan fingerprint density at radius 1 is 1.02 bits per heavy atom. The van der Waals surface area contributed by atoms with Gasteiger partial charge in [-0.2, -0.15) is 13.2 Å². The number of hydrogen-bond acceptors (Lipinski definition) is 8. The van der Waals surface area contributed by atoms with Crippen LogP contribution < -0.4 is 15.7 Å². The van der Waals surface area contributed by atoms with E-state index in [1.54, 1.807) is 36.4 Å². The van der Waals surface area contributed by atoms with Gasteiger partial charge in [0.25, 0.3) is 10.0 Å². The van der Waals surface area contributed by atoms with Crippen LogP contribution in [-0.2, 0) is 26.1 Å². The highest BCUT2D eigenvalue weighted by molar-refractivity contribution is 7.92. The van der Waals surface area contributed by atoms with Crippen LogP contribution in [0.25, 0.3) is 11.0 Å². The van der Waals surface area contributed by atoms with Crippen LogP contribution in [0.2, 0.25) is 0 Å². The van der Waals surface area contributed by atoms with E-state index in [4.69, 9.17) is 0 Å². The van der Waals surface area contributed by atoms with Crippen molar-refractivity contribution < 1.29 is 41.0 Å². The molecule has 15 heteroatoms. The largest absolute Gasteiger partial charge is 0.491 e. The number of anilines is 1. The van der Waals surface area contributed by atoms with E-state index in [2.05, 4.69) is 19.8 Å². The summed E-state index contributed by atoms with van der Waals surface area (Å²) in [5, 5.41) is 14.0. The van der Waals surface area contributed by atoms with Crippen molar-refractivity contribution >= 4 is 38.7 Å². The number of nitrogens with one attached hydrogen (secondary N) is 3. The Morgan fingerprint density at radius 2 is 1.73 bits per heavy atom. The third-order valence-corrected chi connectivity index (χ3v) is 8.14. The minimum absolute atomic E-state index is 0.101. The molecule has 0 saturated heterocycles. The summed E-state index contributed by atoms with van der Waals surface area (Å²) in [6.07, 6.45) is -5.93. The number of aliphatic hydroxyl groups excluding tert-OH is 1. The summed E-state index contributed by atoms with van der Waals surface area (Å²) in [7, 11) is -3.81. The van der Waals surface area contributed by atoms with Gasteiger partial charge in [0.05, 0.1) is 27.6 Å². The number of hydrogen-bond donors (Lipinski definition) is 4. The fourth-order valence-corrected chi connectivity index (χ4v) is 5.38. The normalized spacial score (nSPS) is 13.0. The van der Waals surface area contributed by atoms with Gasteiger partial charge in [0.1, 0.15) is 0 Å². The standard InChI is InChI=1S/C29H29F3N4O7S/c1-28(2,33-17-24(37)18-7-6-8-20(15-18)35-44(41,42)21-9-4-3-5-10-21)13-14-36-23-12-11-19(16-22(23)34-27(36)40)25(38)43-26(39)29(30,31)32/h3-12,15-16,24,33,35,37H,13-14,17H2,1-2H3,(H,34,40). The number of aryl methyl sites for hydroxylation is 1. The van der Waals surface area contributed by atoms with Crippen molar-refractivity contribution in [1.82, 2.24) is 14.9 Å². The second-order valence-electron chi connectivity index (χ2n) is 10.6. The number of sulfonamides is 1. The zero-order valence-electron chi connectivity index (χ0n) is 23.5. The molecule has 0 spiro atoms. The quantitative estimate of drug-likeness (QED) is 0.143. The predicted octanol–water partition coefficient (Wildman–Crippen LogP) is 3.87. The van der Waals surface area contributed by atoms with E-state index >= 15 is 0 Å². The molecule has 234 valence electrons. The third kappa shape index (κ3) is 7.92. The number of ether oxygens (including phenoxy) is 1. The van der Waals surface area contributed by atoms with Gasteiger partial charge in [-0.05, 0) is 68.3 Å². The van der Waals surface area contributed by atoms with Crippen LogP contribution in [0.1, 0.15) is 42.3 Å². The highest BCUT2D eigenvalue weighted by Crippen LogP contribution is 2.23. The monoisotopic (exact) mass is 634 g/mol. The number of carbonyl (C=O) groups excluding carboxylic acids is 2. The number of imidazole rings is 1. The van der Waals surface area contributed by atoms with Gasteiger partial charge in [-0.25, -0.2) is 22.8 Å². The lowest BCUT2D eigenvalue weighted by Gasteiger charge is -2.28. The molecule has 0 saturated carbocycles. The van der Waals surface area contributed by atoms with Crippen molar-refractivity contribution in [1.29, 1.82) is 0 Å². The van der Waals surface area contributed by atoms with E-state index in [9.17, 15) is 41.1 Å². The Balaban J connectivity index is 1.37. The first-order chi connectivity index (χ1) is 20.6. The van der Waals surface area contributed by atoms with Crippen LogP contribution in [0.3, 0.4) is 0 Å². The van der Waals surface area contributed by atoms with Crippen molar-refractivity contribution in [2.75, 3.05) is 11.3 Å². The Bertz CT molecular complexity index is 1830. The molecule has 4 aromatic rings. The van der Waals surface area contributed by atoms with Gasteiger partial charge in [0, 0.05) is 24.3 Å². The van der Waals surface area contributed by atoms with Gasteiger partial charge in [0.2, 0.25) is 0 Å². The number of halogens is 3. The smallest absolute Gasteiger partial charge is 0.387 e. The molecule has 0 amide bonds. The molecule has 0 aliphatic heterocycles. The third-order valence-electron chi connectivity index (χ3n) is 6.74. The van der Waals surface area contributed by atoms with Crippen LogP contribution in [0.15, 0.2) is 82.5 Å². The van der Waals surface area contributed by atoms with Gasteiger partial charge in [-0.1, -0.05) is 30.3 Å². The number of aromatic nitrogens is 2. The van der Waals surface area contributed by atoms with Gasteiger partial charge in [0.15, 0.2) is 0 Å². The first kappa shape index (κ1) is 32.4. The molecule has 4 rings (SSSR count). The van der Waals surface area contributed by atoms with Crippen LogP contribution in [0.4, 0.5) is 18.9 Å². The molecular formula is C29H29F3N4O7S. The number of nitrogens with zero attached hydrogens (tertiary/aromatic N) is 1. The van der Waals surface area contributed by atoms with Crippen molar-refractivity contribution in [2.24, 2.45) is 0 Å². The summed E-state index contributed by atoms with van der Waals surface area (Å²) < 4.78 is 70.2. The summed E-state index contributed by atoms with van der Waals surface area (Å²) in [5.74, 6) is -4.15. The maximum absolute atomic E-state index is 12.7. The number of rotatable bonds is 11. The average molecular weight is 635 g/mol. The number of β-amino-alcohol motifs (C(OH)–C–C–N with tert-alkyl or cyclic N) is 1. The number of benzene rings is 3. The van der Waals surface area contributed by atoms with Crippen LogP contribution in [-0.4, -0.2) is 53.3 Å². The fraction of sp³-hybridized carbons (Fsp3) is 0.276. The van der Waals surface area contributed by atoms with E-state index in [0.717, 1.165) is 12.1 Å². The predicted molar refractivity (Wildman–Crippen MR) is 154 cm³/mol. The molecule has 3 aromatic carbocycles. The number of aliphatic hydroxyl groups is 1. The highest BCUT2D eigenvalue weighted by atomic mass is 32.2. The molecule has 0 bridgehead atoms. The fourth-order valence-electron chi connectivity index (χ4n) is 4.31. The number of carbonyl (C=O) groups is 2. The lowest BCUT2D eigenvalue weighted by Crippen LogP contribution is -2.42.